The van der Waals surface area contributed by atoms with Gasteiger partial charge in [-0.05, 0) is 44.3 Å². The normalized spacial score (nSPS) is 19.9. The van der Waals surface area contributed by atoms with Crippen LogP contribution < -0.4 is 5.32 Å². The molecule has 2 heteroatoms. The van der Waals surface area contributed by atoms with Crippen molar-refractivity contribution >= 4 is 0 Å². The fourth-order valence-corrected chi connectivity index (χ4v) is 2.15. The maximum Gasteiger partial charge on any atom is 0.0160 e. The third-order valence-corrected chi connectivity index (χ3v) is 3.28. The highest BCUT2D eigenvalue weighted by Gasteiger charge is 2.18. The maximum absolute atomic E-state index is 3.79. The Morgan fingerprint density at radius 3 is 2.44 bits per heavy atom. The van der Waals surface area contributed by atoms with Crippen LogP contribution in [0, 0.1) is 5.41 Å². The molecule has 0 bridgehead atoms. The first kappa shape index (κ1) is 13.7. The first-order valence-electron chi connectivity index (χ1n) is 6.58. The van der Waals surface area contributed by atoms with Crippen LogP contribution in [0.1, 0.15) is 40.0 Å². The van der Waals surface area contributed by atoms with Gasteiger partial charge in [-0.15, -0.1) is 6.58 Å². The van der Waals surface area contributed by atoms with E-state index in [-0.39, 0.29) is 0 Å². The van der Waals surface area contributed by atoms with Gasteiger partial charge in [0.15, 0.2) is 0 Å². The summed E-state index contributed by atoms with van der Waals surface area (Å²) in [6, 6.07) is 0.739. The summed E-state index contributed by atoms with van der Waals surface area (Å²) < 4.78 is 0. The predicted molar refractivity (Wildman–Crippen MR) is 71.7 cm³/mol. The van der Waals surface area contributed by atoms with Crippen molar-refractivity contribution in [1.82, 2.24) is 10.2 Å². The fourth-order valence-electron chi connectivity index (χ4n) is 2.15. The Morgan fingerprint density at radius 1 is 1.31 bits per heavy atom. The quantitative estimate of drug-likeness (QED) is 0.722. The molecule has 16 heavy (non-hydrogen) atoms. The lowest BCUT2D eigenvalue weighted by Gasteiger charge is -2.32. The van der Waals surface area contributed by atoms with Crippen molar-refractivity contribution < 1.29 is 0 Å². The zero-order chi connectivity index (χ0) is 12.0. The average Bonchev–Trinajstić information content (AvgIpc) is 2.19. The maximum atomic E-state index is 3.79. The molecule has 0 radical (unpaired) electrons. The average molecular weight is 224 g/mol. The fraction of sp³-hybridized carbons (Fsp3) is 0.857. The van der Waals surface area contributed by atoms with Gasteiger partial charge in [-0.2, -0.15) is 0 Å². The third-order valence-electron chi connectivity index (χ3n) is 3.28. The number of hydrogen-bond acceptors (Lipinski definition) is 2. The van der Waals surface area contributed by atoms with E-state index in [9.17, 15) is 0 Å². The monoisotopic (exact) mass is 224 g/mol. The van der Waals surface area contributed by atoms with Gasteiger partial charge in [0.05, 0.1) is 0 Å². The molecule has 1 heterocycles. The van der Waals surface area contributed by atoms with Crippen molar-refractivity contribution in [2.24, 2.45) is 5.41 Å². The summed E-state index contributed by atoms with van der Waals surface area (Å²) >= 11 is 0. The van der Waals surface area contributed by atoms with Gasteiger partial charge in [-0.25, -0.2) is 0 Å². The Labute approximate surface area is 101 Å². The van der Waals surface area contributed by atoms with Crippen LogP contribution in [0.4, 0.5) is 0 Å². The largest absolute Gasteiger partial charge is 0.314 e. The lowest BCUT2D eigenvalue weighted by Crippen LogP contribution is -2.43. The summed E-state index contributed by atoms with van der Waals surface area (Å²) in [6.07, 6.45) is 5.85. The summed E-state index contributed by atoms with van der Waals surface area (Å²) in [5, 5.41) is 3.69. The van der Waals surface area contributed by atoms with Crippen LogP contribution in [-0.4, -0.2) is 37.1 Å². The van der Waals surface area contributed by atoms with E-state index in [0.29, 0.717) is 5.41 Å². The number of nitrogens with one attached hydrogen (secondary N) is 1. The topological polar surface area (TPSA) is 15.3 Å². The van der Waals surface area contributed by atoms with E-state index in [0.717, 1.165) is 19.1 Å². The smallest absolute Gasteiger partial charge is 0.0160 e. The Hall–Kier alpha value is -0.340. The Bertz CT molecular complexity index is 197. The van der Waals surface area contributed by atoms with Crippen molar-refractivity contribution in [3.63, 3.8) is 0 Å². The molecule has 2 nitrogen and oxygen atoms in total. The van der Waals surface area contributed by atoms with E-state index in [1.165, 1.54) is 32.4 Å². The number of piperidine rings is 1. The van der Waals surface area contributed by atoms with Crippen molar-refractivity contribution in [1.29, 1.82) is 0 Å². The molecule has 1 aliphatic heterocycles. The molecular weight excluding hydrogens is 196 g/mol. The van der Waals surface area contributed by atoms with E-state index in [4.69, 9.17) is 0 Å². The van der Waals surface area contributed by atoms with E-state index < -0.39 is 0 Å². The highest BCUT2D eigenvalue weighted by molar-refractivity contribution is 4.81. The predicted octanol–water partition coefficient (Wildman–Crippen LogP) is 2.66. The Balaban J connectivity index is 2.10. The van der Waals surface area contributed by atoms with Gasteiger partial charge < -0.3 is 5.32 Å². The molecular formula is C14H28N2. The lowest BCUT2D eigenvalue weighted by atomic mass is 9.92. The Kier molecular flexibility index (Phi) is 5.50. The van der Waals surface area contributed by atoms with E-state index >= 15 is 0 Å². The molecule has 1 N–H and O–H groups in total. The van der Waals surface area contributed by atoms with Gasteiger partial charge in [0, 0.05) is 12.6 Å². The molecule has 0 amide bonds. The minimum Gasteiger partial charge on any atom is -0.314 e. The molecule has 94 valence electrons. The molecule has 1 rings (SSSR count). The van der Waals surface area contributed by atoms with E-state index in [2.05, 4.69) is 37.6 Å². The first-order chi connectivity index (χ1) is 7.51. The third kappa shape index (κ3) is 5.66. The molecule has 1 saturated heterocycles. The molecule has 0 saturated carbocycles. The summed E-state index contributed by atoms with van der Waals surface area (Å²) in [5.74, 6) is 0. The van der Waals surface area contributed by atoms with Crippen molar-refractivity contribution in [2.75, 3.05) is 26.2 Å². The van der Waals surface area contributed by atoms with Gasteiger partial charge in [-0.3, -0.25) is 4.90 Å². The van der Waals surface area contributed by atoms with Gasteiger partial charge in [-0.1, -0.05) is 26.8 Å². The summed E-state index contributed by atoms with van der Waals surface area (Å²) in [7, 11) is 0. The lowest BCUT2D eigenvalue weighted by molar-refractivity contribution is 0.211. The second kappa shape index (κ2) is 6.41. The zero-order valence-electron chi connectivity index (χ0n) is 11.3. The standard InChI is InChI=1S/C14H28N2/c1-5-10-16-11-6-13(7-12-16)15-9-8-14(2,3)4/h5,13,15H,1,6-12H2,2-4H3. The van der Waals surface area contributed by atoms with Gasteiger partial charge in [0.25, 0.3) is 0 Å². The van der Waals surface area contributed by atoms with Crippen LogP contribution in [0.5, 0.6) is 0 Å². The molecule has 0 aromatic heterocycles. The molecule has 1 aliphatic rings. The van der Waals surface area contributed by atoms with Gasteiger partial charge in [0.2, 0.25) is 0 Å². The molecule has 0 aromatic rings. The molecule has 0 unspecified atom stereocenters. The van der Waals surface area contributed by atoms with Gasteiger partial charge in [0.1, 0.15) is 0 Å². The van der Waals surface area contributed by atoms with Crippen LogP contribution in [0.25, 0.3) is 0 Å². The zero-order valence-corrected chi connectivity index (χ0v) is 11.3. The minimum absolute atomic E-state index is 0.455. The van der Waals surface area contributed by atoms with Crippen LogP contribution in [0.15, 0.2) is 12.7 Å². The van der Waals surface area contributed by atoms with Crippen LogP contribution >= 0.6 is 0 Å². The van der Waals surface area contributed by atoms with Crippen LogP contribution in [0.3, 0.4) is 0 Å². The second-order valence-electron chi connectivity index (χ2n) is 6.13. The number of hydrogen-bond donors (Lipinski definition) is 1. The summed E-state index contributed by atoms with van der Waals surface area (Å²) in [6.45, 7) is 15.4. The molecule has 0 atom stereocenters. The second-order valence-corrected chi connectivity index (χ2v) is 6.13. The first-order valence-corrected chi connectivity index (χ1v) is 6.58. The highest BCUT2D eigenvalue weighted by Crippen LogP contribution is 2.18. The van der Waals surface area contributed by atoms with E-state index in [1.54, 1.807) is 0 Å². The van der Waals surface area contributed by atoms with Crippen LogP contribution in [0.2, 0.25) is 0 Å². The summed E-state index contributed by atoms with van der Waals surface area (Å²) in [4.78, 5) is 2.48. The van der Waals surface area contributed by atoms with Gasteiger partial charge >= 0.3 is 0 Å². The highest BCUT2D eigenvalue weighted by atomic mass is 15.1. The van der Waals surface area contributed by atoms with Crippen molar-refractivity contribution in [2.45, 2.75) is 46.1 Å². The molecule has 0 aliphatic carbocycles. The van der Waals surface area contributed by atoms with Crippen molar-refractivity contribution in [3.8, 4) is 0 Å². The van der Waals surface area contributed by atoms with Crippen molar-refractivity contribution in [3.05, 3.63) is 12.7 Å². The van der Waals surface area contributed by atoms with E-state index in [1.807, 2.05) is 6.08 Å². The number of nitrogens with zero attached hydrogens (tertiary/aromatic N) is 1. The molecule has 0 aromatic carbocycles. The Morgan fingerprint density at radius 2 is 1.94 bits per heavy atom. The molecule has 1 fully saturated rings. The minimum atomic E-state index is 0.455. The molecule has 0 spiro atoms. The van der Waals surface area contributed by atoms with Crippen LogP contribution in [-0.2, 0) is 0 Å². The SMILES string of the molecule is C=CCN1CCC(NCCC(C)(C)C)CC1. The number of likely N-dealkylation sites (tertiary alicyclic amines) is 1. The summed E-state index contributed by atoms with van der Waals surface area (Å²) in [5.41, 5.74) is 0.455. The number of rotatable bonds is 5.